The van der Waals surface area contributed by atoms with E-state index in [2.05, 4.69) is 9.97 Å². The predicted molar refractivity (Wildman–Crippen MR) is 82.1 cm³/mol. The molecule has 5 heteroatoms. The van der Waals surface area contributed by atoms with Crippen molar-refractivity contribution in [3.05, 3.63) is 40.3 Å². The SMILES string of the molecule is O=c1[nH]c2ccccc2nc1C(F)(F)CCCCC1CCC1. The number of halogens is 2. The molecule has 1 aliphatic rings. The monoisotopic (exact) mass is 306 g/mol. The smallest absolute Gasteiger partial charge is 0.295 e. The van der Waals surface area contributed by atoms with Crippen LogP contribution in [0.4, 0.5) is 8.78 Å². The predicted octanol–water partition coefficient (Wildman–Crippen LogP) is 4.38. The fourth-order valence-corrected chi connectivity index (χ4v) is 2.96. The number of fused-ring (bicyclic) bond motifs is 1. The van der Waals surface area contributed by atoms with Gasteiger partial charge in [0.1, 0.15) is 0 Å². The molecular formula is C17H20F2N2O. The van der Waals surface area contributed by atoms with Gasteiger partial charge in [-0.15, -0.1) is 0 Å². The van der Waals surface area contributed by atoms with Crippen LogP contribution >= 0.6 is 0 Å². The van der Waals surface area contributed by atoms with Crippen LogP contribution in [0.15, 0.2) is 29.1 Å². The Labute approximate surface area is 127 Å². The number of rotatable bonds is 6. The summed E-state index contributed by atoms with van der Waals surface area (Å²) in [7, 11) is 0. The highest BCUT2D eigenvalue weighted by atomic mass is 19.3. The topological polar surface area (TPSA) is 45.8 Å². The van der Waals surface area contributed by atoms with Gasteiger partial charge in [0, 0.05) is 6.42 Å². The number of aromatic nitrogens is 2. The molecule has 0 saturated heterocycles. The number of hydrogen-bond donors (Lipinski definition) is 1. The van der Waals surface area contributed by atoms with Gasteiger partial charge in [0.2, 0.25) is 0 Å². The van der Waals surface area contributed by atoms with E-state index in [4.69, 9.17) is 0 Å². The molecule has 1 aliphatic carbocycles. The number of alkyl halides is 2. The zero-order valence-corrected chi connectivity index (χ0v) is 12.4. The number of unbranched alkanes of at least 4 members (excludes halogenated alkanes) is 1. The van der Waals surface area contributed by atoms with Crippen molar-refractivity contribution in [2.24, 2.45) is 5.92 Å². The summed E-state index contributed by atoms with van der Waals surface area (Å²) in [5.41, 5.74) is -0.569. The quantitative estimate of drug-likeness (QED) is 0.805. The van der Waals surface area contributed by atoms with E-state index in [9.17, 15) is 13.6 Å². The lowest BCUT2D eigenvalue weighted by Gasteiger charge is -2.25. The number of benzene rings is 1. The highest BCUT2D eigenvalue weighted by Gasteiger charge is 2.36. The van der Waals surface area contributed by atoms with Gasteiger partial charge in [-0.1, -0.05) is 44.2 Å². The van der Waals surface area contributed by atoms with Crippen LogP contribution in [0.1, 0.15) is 50.6 Å². The van der Waals surface area contributed by atoms with Crippen molar-refractivity contribution < 1.29 is 8.78 Å². The van der Waals surface area contributed by atoms with E-state index < -0.39 is 17.2 Å². The van der Waals surface area contributed by atoms with Crippen LogP contribution in [-0.4, -0.2) is 9.97 Å². The second-order valence-electron chi connectivity index (χ2n) is 6.18. The Balaban J connectivity index is 1.70. The first-order valence-electron chi connectivity index (χ1n) is 7.93. The Hall–Kier alpha value is -1.78. The third-order valence-electron chi connectivity index (χ3n) is 4.52. The zero-order valence-electron chi connectivity index (χ0n) is 12.4. The molecule has 118 valence electrons. The third kappa shape index (κ3) is 3.18. The Bertz CT molecular complexity index is 707. The molecule has 3 nitrogen and oxygen atoms in total. The van der Waals surface area contributed by atoms with Crippen molar-refractivity contribution in [2.45, 2.75) is 50.9 Å². The lowest BCUT2D eigenvalue weighted by atomic mass is 9.81. The summed E-state index contributed by atoms with van der Waals surface area (Å²) in [5, 5.41) is 0. The summed E-state index contributed by atoms with van der Waals surface area (Å²) in [6.45, 7) is 0. The van der Waals surface area contributed by atoms with E-state index in [1.807, 2.05) is 0 Å². The van der Waals surface area contributed by atoms with Crippen molar-refractivity contribution >= 4 is 11.0 Å². The van der Waals surface area contributed by atoms with Crippen molar-refractivity contribution in [3.63, 3.8) is 0 Å². The molecule has 0 unspecified atom stereocenters. The van der Waals surface area contributed by atoms with Gasteiger partial charge in [0.05, 0.1) is 11.0 Å². The van der Waals surface area contributed by atoms with Crippen molar-refractivity contribution in [1.29, 1.82) is 0 Å². The van der Waals surface area contributed by atoms with E-state index >= 15 is 0 Å². The average molecular weight is 306 g/mol. The van der Waals surface area contributed by atoms with Gasteiger partial charge in [-0.3, -0.25) is 4.79 Å². The van der Waals surface area contributed by atoms with Gasteiger partial charge in [-0.2, -0.15) is 8.78 Å². The van der Waals surface area contributed by atoms with E-state index in [0.717, 1.165) is 18.8 Å². The first-order valence-corrected chi connectivity index (χ1v) is 7.93. The average Bonchev–Trinajstić information content (AvgIpc) is 2.44. The minimum absolute atomic E-state index is 0.311. The van der Waals surface area contributed by atoms with Crippen molar-refractivity contribution in [2.75, 3.05) is 0 Å². The van der Waals surface area contributed by atoms with Crippen LogP contribution in [0.3, 0.4) is 0 Å². The van der Waals surface area contributed by atoms with Crippen molar-refractivity contribution in [1.82, 2.24) is 9.97 Å². The lowest BCUT2D eigenvalue weighted by Crippen LogP contribution is -2.27. The number of hydrogen-bond acceptors (Lipinski definition) is 2. The second kappa shape index (κ2) is 6.15. The number of para-hydroxylation sites is 2. The summed E-state index contributed by atoms with van der Waals surface area (Å²) in [6.07, 6.45) is 5.69. The molecule has 1 fully saturated rings. The first-order chi connectivity index (χ1) is 10.6. The molecular weight excluding hydrogens is 286 g/mol. The number of nitrogens with one attached hydrogen (secondary N) is 1. The Kier molecular flexibility index (Phi) is 4.23. The lowest BCUT2D eigenvalue weighted by molar-refractivity contribution is -0.0217. The normalized spacial score (nSPS) is 15.9. The zero-order chi connectivity index (χ0) is 15.6. The molecule has 2 aromatic rings. The third-order valence-corrected chi connectivity index (χ3v) is 4.52. The van der Waals surface area contributed by atoms with Crippen LogP contribution in [0.2, 0.25) is 0 Å². The van der Waals surface area contributed by atoms with Gasteiger partial charge in [0.15, 0.2) is 5.69 Å². The largest absolute Gasteiger partial charge is 0.319 e. The van der Waals surface area contributed by atoms with Crippen LogP contribution < -0.4 is 5.56 Å². The molecule has 0 amide bonds. The Morgan fingerprint density at radius 2 is 2.00 bits per heavy atom. The van der Waals surface area contributed by atoms with E-state index in [0.29, 0.717) is 17.5 Å². The van der Waals surface area contributed by atoms with Gasteiger partial charge in [-0.05, 0) is 24.5 Å². The highest BCUT2D eigenvalue weighted by molar-refractivity contribution is 5.73. The minimum Gasteiger partial charge on any atom is -0.319 e. The van der Waals surface area contributed by atoms with E-state index in [1.54, 1.807) is 24.3 Å². The minimum atomic E-state index is -3.17. The molecule has 1 saturated carbocycles. The summed E-state index contributed by atoms with van der Waals surface area (Å²) in [6, 6.07) is 6.73. The van der Waals surface area contributed by atoms with Gasteiger partial charge in [-0.25, -0.2) is 4.98 Å². The van der Waals surface area contributed by atoms with Crippen LogP contribution in [-0.2, 0) is 5.92 Å². The molecule has 0 atom stereocenters. The summed E-state index contributed by atoms with van der Waals surface area (Å²) in [4.78, 5) is 18.3. The molecule has 0 aliphatic heterocycles. The molecule has 0 bridgehead atoms. The summed E-state index contributed by atoms with van der Waals surface area (Å²) >= 11 is 0. The standard InChI is InChI=1S/C17H20F2N2O/c18-17(19,11-4-3-6-12-7-5-8-12)15-16(22)21-14-10-2-1-9-13(14)20-15/h1-2,9-10,12H,3-8,11H2,(H,21,22). The first kappa shape index (κ1) is 15.1. The molecule has 0 radical (unpaired) electrons. The number of H-pyrrole nitrogens is 1. The van der Waals surface area contributed by atoms with Crippen LogP contribution in [0, 0.1) is 5.92 Å². The summed E-state index contributed by atoms with van der Waals surface area (Å²) < 4.78 is 28.6. The fraction of sp³-hybridized carbons (Fsp3) is 0.529. The second-order valence-corrected chi connectivity index (χ2v) is 6.18. The van der Waals surface area contributed by atoms with Crippen LogP contribution in [0.25, 0.3) is 11.0 Å². The summed E-state index contributed by atoms with van der Waals surface area (Å²) in [5.74, 6) is -2.44. The molecule has 1 aromatic carbocycles. The molecule has 1 heterocycles. The van der Waals surface area contributed by atoms with Gasteiger partial charge >= 0.3 is 0 Å². The Morgan fingerprint density at radius 1 is 1.23 bits per heavy atom. The van der Waals surface area contributed by atoms with E-state index in [1.165, 1.54) is 19.3 Å². The van der Waals surface area contributed by atoms with E-state index in [-0.39, 0.29) is 6.42 Å². The fourth-order valence-electron chi connectivity index (χ4n) is 2.96. The van der Waals surface area contributed by atoms with Crippen LogP contribution in [0.5, 0.6) is 0 Å². The highest BCUT2D eigenvalue weighted by Crippen LogP contribution is 2.34. The van der Waals surface area contributed by atoms with Crippen molar-refractivity contribution in [3.8, 4) is 0 Å². The molecule has 0 spiro atoms. The Morgan fingerprint density at radius 3 is 2.73 bits per heavy atom. The maximum atomic E-state index is 14.3. The number of aromatic amines is 1. The van der Waals surface area contributed by atoms with Gasteiger partial charge < -0.3 is 4.98 Å². The maximum absolute atomic E-state index is 14.3. The molecule has 1 N–H and O–H groups in total. The van der Waals surface area contributed by atoms with Gasteiger partial charge in [0.25, 0.3) is 11.5 Å². The maximum Gasteiger partial charge on any atom is 0.295 e. The number of nitrogens with zero attached hydrogens (tertiary/aromatic N) is 1. The molecule has 3 rings (SSSR count). The molecule has 22 heavy (non-hydrogen) atoms. The molecule has 1 aromatic heterocycles.